The van der Waals surface area contributed by atoms with Gasteiger partial charge in [0.15, 0.2) is 0 Å². The second kappa shape index (κ2) is 5.30. The lowest BCUT2D eigenvalue weighted by Gasteiger charge is -2.38. The molecule has 3 rings (SSSR count). The number of fused-ring (bicyclic) bond motifs is 1. The van der Waals surface area contributed by atoms with Crippen molar-refractivity contribution in [1.82, 2.24) is 10.3 Å². The maximum absolute atomic E-state index is 4.47. The SMILES string of the molecule is CC(C)NCC1CCC1c1cccc2ncccc12. The van der Waals surface area contributed by atoms with Crippen LogP contribution >= 0.6 is 0 Å². The molecule has 2 aromatic rings. The first-order chi connectivity index (χ1) is 9.25. The minimum absolute atomic E-state index is 0.579. The molecule has 2 unspecified atom stereocenters. The molecule has 0 aliphatic heterocycles. The third-order valence-electron chi connectivity index (χ3n) is 4.28. The molecule has 1 saturated carbocycles. The van der Waals surface area contributed by atoms with E-state index in [9.17, 15) is 0 Å². The molecule has 0 radical (unpaired) electrons. The fourth-order valence-corrected chi connectivity index (χ4v) is 3.06. The lowest BCUT2D eigenvalue weighted by atomic mass is 9.69. The van der Waals surface area contributed by atoms with Crippen LogP contribution in [-0.2, 0) is 0 Å². The van der Waals surface area contributed by atoms with E-state index in [-0.39, 0.29) is 0 Å². The molecule has 2 nitrogen and oxygen atoms in total. The summed E-state index contributed by atoms with van der Waals surface area (Å²) in [5, 5.41) is 4.92. The maximum atomic E-state index is 4.47. The lowest BCUT2D eigenvalue weighted by molar-refractivity contribution is 0.242. The van der Waals surface area contributed by atoms with Gasteiger partial charge in [-0.3, -0.25) is 4.98 Å². The summed E-state index contributed by atoms with van der Waals surface area (Å²) in [4.78, 5) is 4.47. The quantitative estimate of drug-likeness (QED) is 0.899. The molecule has 100 valence electrons. The highest BCUT2D eigenvalue weighted by molar-refractivity contribution is 5.82. The van der Waals surface area contributed by atoms with Crippen molar-refractivity contribution in [3.8, 4) is 0 Å². The van der Waals surface area contributed by atoms with Gasteiger partial charge in [0.2, 0.25) is 0 Å². The topological polar surface area (TPSA) is 24.9 Å². The van der Waals surface area contributed by atoms with Crippen LogP contribution in [0.25, 0.3) is 10.9 Å². The van der Waals surface area contributed by atoms with Crippen molar-refractivity contribution >= 4 is 10.9 Å². The number of hydrogen-bond acceptors (Lipinski definition) is 2. The van der Waals surface area contributed by atoms with Crippen LogP contribution in [0.3, 0.4) is 0 Å². The van der Waals surface area contributed by atoms with Gasteiger partial charge in [-0.1, -0.05) is 32.0 Å². The molecule has 1 fully saturated rings. The summed E-state index contributed by atoms with van der Waals surface area (Å²) < 4.78 is 0. The standard InChI is InChI=1S/C17H22N2/c1-12(2)19-11-13-8-9-14(13)15-5-3-7-17-16(15)6-4-10-18-17/h3-7,10,12-14,19H,8-9,11H2,1-2H3. The maximum Gasteiger partial charge on any atom is 0.0704 e. The molecule has 2 atom stereocenters. The van der Waals surface area contributed by atoms with Crippen LogP contribution in [0.2, 0.25) is 0 Å². The van der Waals surface area contributed by atoms with Gasteiger partial charge in [-0.05, 0) is 48.9 Å². The first-order valence-corrected chi connectivity index (χ1v) is 7.32. The van der Waals surface area contributed by atoms with E-state index in [0.29, 0.717) is 12.0 Å². The molecule has 1 aliphatic rings. The van der Waals surface area contributed by atoms with E-state index in [1.807, 2.05) is 12.3 Å². The Labute approximate surface area is 115 Å². The number of aromatic nitrogens is 1. The zero-order chi connectivity index (χ0) is 13.2. The first-order valence-electron chi connectivity index (χ1n) is 7.32. The van der Waals surface area contributed by atoms with Crippen LogP contribution in [0, 0.1) is 5.92 Å². The van der Waals surface area contributed by atoms with Crippen LogP contribution in [-0.4, -0.2) is 17.6 Å². The smallest absolute Gasteiger partial charge is 0.0704 e. The summed E-state index contributed by atoms with van der Waals surface area (Å²) in [6, 6.07) is 11.4. The van der Waals surface area contributed by atoms with Gasteiger partial charge in [-0.2, -0.15) is 0 Å². The molecule has 1 aromatic carbocycles. The fourth-order valence-electron chi connectivity index (χ4n) is 3.06. The van der Waals surface area contributed by atoms with E-state index in [0.717, 1.165) is 18.0 Å². The zero-order valence-corrected chi connectivity index (χ0v) is 11.8. The zero-order valence-electron chi connectivity index (χ0n) is 11.8. The molecular formula is C17H22N2. The van der Waals surface area contributed by atoms with Crippen LogP contribution in [0.5, 0.6) is 0 Å². The van der Waals surface area contributed by atoms with E-state index in [1.165, 1.54) is 23.8 Å². The minimum atomic E-state index is 0.579. The van der Waals surface area contributed by atoms with Gasteiger partial charge in [-0.25, -0.2) is 0 Å². The number of rotatable bonds is 4. The van der Waals surface area contributed by atoms with Gasteiger partial charge < -0.3 is 5.32 Å². The number of benzene rings is 1. The van der Waals surface area contributed by atoms with Crippen molar-refractivity contribution in [2.24, 2.45) is 5.92 Å². The molecule has 19 heavy (non-hydrogen) atoms. The molecule has 1 heterocycles. The van der Waals surface area contributed by atoms with Crippen LogP contribution in [0.4, 0.5) is 0 Å². The summed E-state index contributed by atoms with van der Waals surface area (Å²) in [6.45, 7) is 5.57. The second-order valence-electron chi connectivity index (χ2n) is 5.92. The van der Waals surface area contributed by atoms with Gasteiger partial charge >= 0.3 is 0 Å². The van der Waals surface area contributed by atoms with Crippen molar-refractivity contribution in [3.05, 3.63) is 42.1 Å². The summed E-state index contributed by atoms with van der Waals surface area (Å²) in [7, 11) is 0. The van der Waals surface area contributed by atoms with Gasteiger partial charge in [0, 0.05) is 17.6 Å². The monoisotopic (exact) mass is 254 g/mol. The summed E-state index contributed by atoms with van der Waals surface area (Å²) in [5.41, 5.74) is 2.62. The number of nitrogens with zero attached hydrogens (tertiary/aromatic N) is 1. The Kier molecular flexibility index (Phi) is 3.52. The Hall–Kier alpha value is -1.41. The predicted octanol–water partition coefficient (Wildman–Crippen LogP) is 3.73. The first kappa shape index (κ1) is 12.6. The van der Waals surface area contributed by atoms with E-state index < -0.39 is 0 Å². The summed E-state index contributed by atoms with van der Waals surface area (Å²) in [5.74, 6) is 1.49. The van der Waals surface area contributed by atoms with Crippen molar-refractivity contribution < 1.29 is 0 Å². The molecular weight excluding hydrogens is 232 g/mol. The van der Waals surface area contributed by atoms with Gasteiger partial charge in [-0.15, -0.1) is 0 Å². The predicted molar refractivity (Wildman–Crippen MR) is 80.3 cm³/mol. The highest BCUT2D eigenvalue weighted by Gasteiger charge is 2.32. The summed E-state index contributed by atoms with van der Waals surface area (Å²) >= 11 is 0. The van der Waals surface area contributed by atoms with E-state index >= 15 is 0 Å². The Bertz CT molecular complexity index is 557. The Morgan fingerprint density at radius 3 is 2.84 bits per heavy atom. The summed E-state index contributed by atoms with van der Waals surface area (Å²) in [6.07, 6.45) is 4.55. The Morgan fingerprint density at radius 2 is 2.11 bits per heavy atom. The number of pyridine rings is 1. The van der Waals surface area contributed by atoms with Crippen LogP contribution in [0.1, 0.15) is 38.2 Å². The number of hydrogen-bond donors (Lipinski definition) is 1. The lowest BCUT2D eigenvalue weighted by Crippen LogP contribution is -2.36. The van der Waals surface area contributed by atoms with Crippen molar-refractivity contribution in [1.29, 1.82) is 0 Å². The van der Waals surface area contributed by atoms with E-state index in [2.05, 4.69) is 48.4 Å². The molecule has 0 amide bonds. The van der Waals surface area contributed by atoms with Crippen LogP contribution in [0.15, 0.2) is 36.5 Å². The number of nitrogens with one attached hydrogen (secondary N) is 1. The molecule has 1 N–H and O–H groups in total. The third-order valence-corrected chi connectivity index (χ3v) is 4.28. The van der Waals surface area contributed by atoms with E-state index in [1.54, 1.807) is 0 Å². The average molecular weight is 254 g/mol. The molecule has 1 aliphatic carbocycles. The Morgan fingerprint density at radius 1 is 1.21 bits per heavy atom. The second-order valence-corrected chi connectivity index (χ2v) is 5.92. The largest absolute Gasteiger partial charge is 0.314 e. The average Bonchev–Trinajstić information content (AvgIpc) is 2.38. The fraction of sp³-hybridized carbons (Fsp3) is 0.471. The molecule has 2 heteroatoms. The van der Waals surface area contributed by atoms with Gasteiger partial charge in [0.05, 0.1) is 5.52 Å². The highest BCUT2D eigenvalue weighted by Crippen LogP contribution is 2.44. The van der Waals surface area contributed by atoms with Crippen molar-refractivity contribution in [2.75, 3.05) is 6.54 Å². The minimum Gasteiger partial charge on any atom is -0.314 e. The Balaban J connectivity index is 1.84. The van der Waals surface area contributed by atoms with E-state index in [4.69, 9.17) is 0 Å². The van der Waals surface area contributed by atoms with Gasteiger partial charge in [0.25, 0.3) is 0 Å². The van der Waals surface area contributed by atoms with Crippen molar-refractivity contribution in [3.63, 3.8) is 0 Å². The molecule has 0 spiro atoms. The third kappa shape index (κ3) is 2.50. The van der Waals surface area contributed by atoms with Crippen LogP contribution < -0.4 is 5.32 Å². The van der Waals surface area contributed by atoms with Crippen molar-refractivity contribution in [2.45, 2.75) is 38.6 Å². The normalized spacial score (nSPS) is 22.7. The molecule has 1 aromatic heterocycles. The molecule has 0 saturated heterocycles. The molecule has 0 bridgehead atoms. The van der Waals surface area contributed by atoms with Gasteiger partial charge in [0.1, 0.15) is 0 Å². The highest BCUT2D eigenvalue weighted by atomic mass is 14.9.